The molecule has 0 radical (unpaired) electrons. The Labute approximate surface area is 162 Å². The standard InChI is InChI=1S/C15H16N4O3.C2HF3O2/c1-10-3-4-14(22-10)12-7-13(18-17-12)15(20)21-6-5-11-8-16-9-19(11)2;3-2(4,5)1(6)7/h3-4,7-9H,5-6H2,1-2H3,(H,17,18);(H,6,7). The molecule has 2 N–H and O–H groups in total. The molecule has 3 aromatic rings. The third kappa shape index (κ3) is 6.23. The number of nitrogens with zero attached hydrogens (tertiary/aromatic N) is 3. The zero-order chi connectivity index (χ0) is 21.6. The number of nitrogens with one attached hydrogen (secondary N) is 1. The molecule has 12 heteroatoms. The lowest BCUT2D eigenvalue weighted by molar-refractivity contribution is -0.192. The third-order valence-corrected chi connectivity index (χ3v) is 3.54. The number of alkyl halides is 3. The molecule has 156 valence electrons. The molecule has 0 saturated carbocycles. The van der Waals surface area contributed by atoms with E-state index in [9.17, 15) is 18.0 Å². The van der Waals surface area contributed by atoms with Crippen LogP contribution in [-0.4, -0.2) is 49.6 Å². The van der Waals surface area contributed by atoms with Crippen LogP contribution in [0.1, 0.15) is 21.9 Å². The Balaban J connectivity index is 0.000000370. The van der Waals surface area contributed by atoms with E-state index in [1.54, 1.807) is 18.6 Å². The lowest BCUT2D eigenvalue weighted by Gasteiger charge is -2.03. The normalized spacial score (nSPS) is 10.9. The van der Waals surface area contributed by atoms with Crippen LogP contribution >= 0.6 is 0 Å². The number of ether oxygens (including phenoxy) is 1. The Morgan fingerprint density at radius 3 is 2.55 bits per heavy atom. The van der Waals surface area contributed by atoms with Gasteiger partial charge < -0.3 is 18.8 Å². The number of carboxylic acids is 1. The van der Waals surface area contributed by atoms with E-state index in [2.05, 4.69) is 15.2 Å². The molecule has 0 unspecified atom stereocenters. The topological polar surface area (TPSA) is 123 Å². The zero-order valence-electron chi connectivity index (χ0n) is 15.4. The molecule has 0 aliphatic heterocycles. The summed E-state index contributed by atoms with van der Waals surface area (Å²) < 4.78 is 44.3. The van der Waals surface area contributed by atoms with E-state index < -0.39 is 18.1 Å². The molecule has 0 aliphatic carbocycles. The van der Waals surface area contributed by atoms with Gasteiger partial charge in [-0.25, -0.2) is 14.6 Å². The molecule has 0 bridgehead atoms. The van der Waals surface area contributed by atoms with Gasteiger partial charge in [0.15, 0.2) is 5.76 Å². The van der Waals surface area contributed by atoms with Crippen molar-refractivity contribution in [3.05, 3.63) is 47.9 Å². The van der Waals surface area contributed by atoms with Crippen molar-refractivity contribution in [3.8, 4) is 11.5 Å². The molecule has 3 aromatic heterocycles. The van der Waals surface area contributed by atoms with Gasteiger partial charge in [0, 0.05) is 31.4 Å². The van der Waals surface area contributed by atoms with Gasteiger partial charge >= 0.3 is 18.1 Å². The minimum atomic E-state index is -5.08. The molecule has 0 fully saturated rings. The number of carboxylic acid groups (broad SMARTS) is 1. The number of furan rings is 1. The maximum atomic E-state index is 12.0. The number of hydrogen-bond acceptors (Lipinski definition) is 6. The molecular formula is C17H17F3N4O5. The van der Waals surface area contributed by atoms with Gasteiger partial charge in [-0.05, 0) is 19.1 Å². The Morgan fingerprint density at radius 2 is 2.03 bits per heavy atom. The average Bonchev–Trinajstić information content (AvgIpc) is 3.36. The predicted molar refractivity (Wildman–Crippen MR) is 91.9 cm³/mol. The van der Waals surface area contributed by atoms with Gasteiger partial charge in [0.2, 0.25) is 0 Å². The highest BCUT2D eigenvalue weighted by molar-refractivity contribution is 5.88. The SMILES string of the molecule is Cc1ccc(-c2cc(C(=O)OCCc3cncn3C)[nH]n2)o1.O=C(O)C(F)(F)F. The van der Waals surface area contributed by atoms with Gasteiger partial charge in [0.1, 0.15) is 17.1 Å². The summed E-state index contributed by atoms with van der Waals surface area (Å²) in [6.07, 6.45) is -1.01. The summed E-state index contributed by atoms with van der Waals surface area (Å²) in [5.41, 5.74) is 1.88. The molecule has 0 aromatic carbocycles. The minimum Gasteiger partial charge on any atom is -0.475 e. The maximum absolute atomic E-state index is 12.0. The summed E-state index contributed by atoms with van der Waals surface area (Å²) in [7, 11) is 1.90. The number of aliphatic carboxylic acids is 1. The summed E-state index contributed by atoms with van der Waals surface area (Å²) in [5.74, 6) is -1.79. The van der Waals surface area contributed by atoms with Crippen LogP contribution in [0.2, 0.25) is 0 Å². The largest absolute Gasteiger partial charge is 0.490 e. The fraction of sp³-hybridized carbons (Fsp3) is 0.294. The molecule has 3 heterocycles. The van der Waals surface area contributed by atoms with E-state index in [0.717, 1.165) is 11.5 Å². The van der Waals surface area contributed by atoms with E-state index in [1.807, 2.05) is 30.7 Å². The summed E-state index contributed by atoms with van der Waals surface area (Å²) in [6.45, 7) is 2.14. The number of aryl methyl sites for hydroxylation is 2. The Kier molecular flexibility index (Phi) is 6.80. The van der Waals surface area contributed by atoms with E-state index in [-0.39, 0.29) is 6.61 Å². The zero-order valence-corrected chi connectivity index (χ0v) is 15.4. The van der Waals surface area contributed by atoms with Crippen molar-refractivity contribution in [2.45, 2.75) is 19.5 Å². The van der Waals surface area contributed by atoms with Crippen LogP contribution in [0.25, 0.3) is 11.5 Å². The van der Waals surface area contributed by atoms with Gasteiger partial charge in [-0.15, -0.1) is 0 Å². The van der Waals surface area contributed by atoms with Crippen molar-refractivity contribution in [3.63, 3.8) is 0 Å². The average molecular weight is 414 g/mol. The van der Waals surface area contributed by atoms with Crippen molar-refractivity contribution in [2.24, 2.45) is 7.05 Å². The number of esters is 1. The Morgan fingerprint density at radius 1 is 1.34 bits per heavy atom. The van der Waals surface area contributed by atoms with E-state index >= 15 is 0 Å². The van der Waals surface area contributed by atoms with Crippen molar-refractivity contribution in [2.75, 3.05) is 6.61 Å². The minimum absolute atomic E-state index is 0.284. The van der Waals surface area contributed by atoms with Gasteiger partial charge in [-0.2, -0.15) is 18.3 Å². The monoisotopic (exact) mass is 414 g/mol. The second-order valence-electron chi connectivity index (χ2n) is 5.76. The van der Waals surface area contributed by atoms with Gasteiger partial charge in [-0.1, -0.05) is 0 Å². The first kappa shape index (κ1) is 21.7. The first-order chi connectivity index (χ1) is 13.6. The van der Waals surface area contributed by atoms with Crippen LogP contribution in [0.15, 0.2) is 35.1 Å². The van der Waals surface area contributed by atoms with Crippen LogP contribution < -0.4 is 0 Å². The second kappa shape index (κ2) is 9.08. The highest BCUT2D eigenvalue weighted by Gasteiger charge is 2.38. The van der Waals surface area contributed by atoms with E-state index in [1.165, 1.54) is 0 Å². The lowest BCUT2D eigenvalue weighted by Crippen LogP contribution is -2.21. The maximum Gasteiger partial charge on any atom is 0.490 e. The second-order valence-corrected chi connectivity index (χ2v) is 5.76. The Hall–Kier alpha value is -3.57. The summed E-state index contributed by atoms with van der Waals surface area (Å²) in [6, 6.07) is 5.27. The fourth-order valence-corrected chi connectivity index (χ4v) is 2.08. The Bertz CT molecular complexity index is 974. The van der Waals surface area contributed by atoms with Crippen LogP contribution in [0.5, 0.6) is 0 Å². The smallest absolute Gasteiger partial charge is 0.475 e. The van der Waals surface area contributed by atoms with Crippen molar-refractivity contribution < 1.29 is 37.0 Å². The number of halogens is 3. The number of hydrogen-bond donors (Lipinski definition) is 2. The van der Waals surface area contributed by atoms with Gasteiger partial charge in [-0.3, -0.25) is 5.10 Å². The quantitative estimate of drug-likeness (QED) is 0.615. The number of imidazole rings is 1. The van der Waals surface area contributed by atoms with Gasteiger partial charge in [0.25, 0.3) is 0 Å². The first-order valence-corrected chi connectivity index (χ1v) is 8.12. The summed E-state index contributed by atoms with van der Waals surface area (Å²) in [4.78, 5) is 24.9. The highest BCUT2D eigenvalue weighted by atomic mass is 19.4. The molecule has 0 spiro atoms. The summed E-state index contributed by atoms with van der Waals surface area (Å²) >= 11 is 0. The molecule has 0 saturated heterocycles. The predicted octanol–water partition coefficient (Wildman–Crippen LogP) is 2.74. The van der Waals surface area contributed by atoms with E-state index in [0.29, 0.717) is 23.6 Å². The summed E-state index contributed by atoms with van der Waals surface area (Å²) in [5, 5.41) is 13.9. The van der Waals surface area contributed by atoms with Crippen LogP contribution in [0.3, 0.4) is 0 Å². The van der Waals surface area contributed by atoms with Crippen molar-refractivity contribution >= 4 is 11.9 Å². The molecule has 0 amide bonds. The fourth-order valence-electron chi connectivity index (χ4n) is 2.08. The van der Waals surface area contributed by atoms with Crippen molar-refractivity contribution in [1.82, 2.24) is 19.7 Å². The number of carbonyl (C=O) groups is 2. The number of H-pyrrole nitrogens is 1. The number of aromatic nitrogens is 4. The number of aromatic amines is 1. The third-order valence-electron chi connectivity index (χ3n) is 3.54. The number of carbonyl (C=O) groups excluding carboxylic acids is 1. The lowest BCUT2D eigenvalue weighted by atomic mass is 10.3. The van der Waals surface area contributed by atoms with Gasteiger partial charge in [0.05, 0.1) is 12.9 Å². The highest BCUT2D eigenvalue weighted by Crippen LogP contribution is 2.20. The van der Waals surface area contributed by atoms with Crippen LogP contribution in [0, 0.1) is 6.92 Å². The molecule has 0 atom stereocenters. The molecule has 0 aliphatic rings. The van der Waals surface area contributed by atoms with E-state index in [4.69, 9.17) is 19.1 Å². The van der Waals surface area contributed by atoms with Crippen molar-refractivity contribution in [1.29, 1.82) is 0 Å². The molecule has 9 nitrogen and oxygen atoms in total. The number of rotatable bonds is 5. The van der Waals surface area contributed by atoms with Crippen LogP contribution in [0.4, 0.5) is 13.2 Å². The molecule has 29 heavy (non-hydrogen) atoms. The van der Waals surface area contributed by atoms with Crippen LogP contribution in [-0.2, 0) is 23.0 Å². The molecular weight excluding hydrogens is 397 g/mol. The first-order valence-electron chi connectivity index (χ1n) is 8.12. The molecule has 3 rings (SSSR count).